The molecule has 0 radical (unpaired) electrons. The fourth-order valence-corrected chi connectivity index (χ4v) is 3.40. The third kappa shape index (κ3) is 4.07. The van der Waals surface area contributed by atoms with Gasteiger partial charge in [0.25, 0.3) is 15.9 Å². The van der Waals surface area contributed by atoms with Gasteiger partial charge in [0, 0.05) is 12.2 Å². The average molecular weight is 367 g/mol. The summed E-state index contributed by atoms with van der Waals surface area (Å²) in [6.45, 7) is 6.05. The Bertz CT molecular complexity index is 879. The van der Waals surface area contributed by atoms with E-state index in [1.165, 1.54) is 18.2 Å². The van der Waals surface area contributed by atoms with Gasteiger partial charge in [-0.1, -0.05) is 17.7 Å². The number of hydrogen-bond acceptors (Lipinski definition) is 3. The Balaban J connectivity index is 2.36. The molecule has 0 spiro atoms. The molecule has 0 saturated carbocycles. The van der Waals surface area contributed by atoms with Crippen molar-refractivity contribution in [1.82, 2.24) is 5.32 Å². The highest BCUT2D eigenvalue weighted by molar-refractivity contribution is 7.92. The normalized spacial score (nSPS) is 11.2. The molecule has 0 aromatic heterocycles. The van der Waals surface area contributed by atoms with Gasteiger partial charge >= 0.3 is 0 Å². The van der Waals surface area contributed by atoms with Crippen LogP contribution in [0.25, 0.3) is 0 Å². The van der Waals surface area contributed by atoms with Crippen LogP contribution in [0.3, 0.4) is 0 Å². The Kier molecular flexibility index (Phi) is 5.51. The molecule has 128 valence electrons. The molecule has 0 aliphatic heterocycles. The zero-order valence-corrected chi connectivity index (χ0v) is 15.3. The van der Waals surface area contributed by atoms with Crippen LogP contribution in [0.15, 0.2) is 41.3 Å². The molecular formula is C17H19ClN2O3S. The maximum atomic E-state index is 12.6. The second kappa shape index (κ2) is 7.23. The smallest absolute Gasteiger partial charge is 0.261 e. The summed E-state index contributed by atoms with van der Waals surface area (Å²) in [7, 11) is -3.82. The largest absolute Gasteiger partial charge is 0.352 e. The monoisotopic (exact) mass is 366 g/mol. The lowest BCUT2D eigenvalue weighted by Gasteiger charge is -2.11. The molecule has 2 aromatic rings. The highest BCUT2D eigenvalue weighted by atomic mass is 35.5. The molecule has 2 rings (SSSR count). The maximum absolute atomic E-state index is 12.6. The lowest BCUT2D eigenvalue weighted by molar-refractivity contribution is 0.0956. The Labute approximate surface area is 147 Å². The second-order valence-electron chi connectivity index (χ2n) is 5.41. The number of amides is 1. The Morgan fingerprint density at radius 1 is 1.08 bits per heavy atom. The van der Waals surface area contributed by atoms with Gasteiger partial charge < -0.3 is 5.32 Å². The molecule has 24 heavy (non-hydrogen) atoms. The zero-order chi connectivity index (χ0) is 17.9. The van der Waals surface area contributed by atoms with Gasteiger partial charge in [-0.3, -0.25) is 9.52 Å². The molecule has 1 amide bonds. The summed E-state index contributed by atoms with van der Waals surface area (Å²) in [6.07, 6.45) is 0. The lowest BCUT2D eigenvalue weighted by atomic mass is 10.1. The minimum absolute atomic E-state index is 0.0219. The fraction of sp³-hybridized carbons (Fsp3) is 0.235. The summed E-state index contributed by atoms with van der Waals surface area (Å²) in [4.78, 5) is 12.0. The fourth-order valence-electron chi connectivity index (χ4n) is 2.12. The van der Waals surface area contributed by atoms with E-state index in [4.69, 9.17) is 11.6 Å². The Hall–Kier alpha value is -2.05. The van der Waals surface area contributed by atoms with E-state index in [1.807, 2.05) is 19.9 Å². The number of nitrogens with one attached hydrogen (secondary N) is 2. The topological polar surface area (TPSA) is 75.3 Å². The number of anilines is 1. The van der Waals surface area contributed by atoms with E-state index in [2.05, 4.69) is 10.0 Å². The molecule has 5 nitrogen and oxygen atoms in total. The third-order valence-electron chi connectivity index (χ3n) is 3.59. The number of carbonyl (C=O) groups is 1. The first-order chi connectivity index (χ1) is 11.2. The third-order valence-corrected chi connectivity index (χ3v) is 5.30. The van der Waals surface area contributed by atoms with E-state index in [1.54, 1.807) is 19.1 Å². The minimum atomic E-state index is -3.82. The van der Waals surface area contributed by atoms with Crippen molar-refractivity contribution in [2.75, 3.05) is 11.3 Å². The quantitative estimate of drug-likeness (QED) is 0.850. The molecular weight excluding hydrogens is 348 g/mol. The van der Waals surface area contributed by atoms with Gasteiger partial charge in [-0.15, -0.1) is 0 Å². The second-order valence-corrected chi connectivity index (χ2v) is 7.50. The van der Waals surface area contributed by atoms with Crippen LogP contribution in [0, 0.1) is 13.8 Å². The van der Waals surface area contributed by atoms with Crippen molar-refractivity contribution in [2.24, 2.45) is 0 Å². The summed E-state index contributed by atoms with van der Waals surface area (Å²) in [5.74, 6) is -0.411. The Morgan fingerprint density at radius 2 is 1.79 bits per heavy atom. The highest BCUT2D eigenvalue weighted by Crippen LogP contribution is 2.23. The predicted octanol–water partition coefficient (Wildman–Crippen LogP) is 3.51. The molecule has 0 fully saturated rings. The average Bonchev–Trinajstić information content (AvgIpc) is 2.51. The van der Waals surface area contributed by atoms with E-state index < -0.39 is 15.9 Å². The number of carbonyl (C=O) groups excluding carboxylic acids is 1. The first kappa shape index (κ1) is 18.3. The standard InChI is InChI=1S/C17H19ClN2O3S/c1-4-19-17(21)15-10-14(7-8-16(15)18)24(22,23)20-13-6-5-11(2)12(3)9-13/h5-10,20H,4H2,1-3H3,(H,19,21). The van der Waals surface area contributed by atoms with Gasteiger partial charge in [0.1, 0.15) is 0 Å². The van der Waals surface area contributed by atoms with Crippen LogP contribution in [0.2, 0.25) is 5.02 Å². The van der Waals surface area contributed by atoms with Crippen LogP contribution >= 0.6 is 11.6 Å². The van der Waals surface area contributed by atoms with Crippen molar-refractivity contribution in [1.29, 1.82) is 0 Å². The summed E-state index contributed by atoms with van der Waals surface area (Å²) in [5.41, 5.74) is 2.64. The zero-order valence-electron chi connectivity index (χ0n) is 13.7. The van der Waals surface area contributed by atoms with Crippen LogP contribution in [0.1, 0.15) is 28.4 Å². The number of benzene rings is 2. The first-order valence-electron chi connectivity index (χ1n) is 7.42. The van der Waals surface area contributed by atoms with Gasteiger partial charge in [-0.05, 0) is 62.2 Å². The molecule has 0 heterocycles. The number of halogens is 1. The van der Waals surface area contributed by atoms with Gasteiger partial charge in [0.15, 0.2) is 0 Å². The van der Waals surface area contributed by atoms with Crippen LogP contribution < -0.4 is 10.0 Å². The lowest BCUT2D eigenvalue weighted by Crippen LogP contribution is -2.23. The van der Waals surface area contributed by atoms with Crippen LogP contribution in [-0.2, 0) is 10.0 Å². The molecule has 0 saturated heterocycles. The van der Waals surface area contributed by atoms with Crippen molar-refractivity contribution >= 4 is 33.2 Å². The van der Waals surface area contributed by atoms with Crippen molar-refractivity contribution < 1.29 is 13.2 Å². The molecule has 0 aliphatic carbocycles. The highest BCUT2D eigenvalue weighted by Gasteiger charge is 2.19. The van der Waals surface area contributed by atoms with E-state index in [-0.39, 0.29) is 15.5 Å². The Morgan fingerprint density at radius 3 is 2.42 bits per heavy atom. The maximum Gasteiger partial charge on any atom is 0.261 e. The SMILES string of the molecule is CCNC(=O)c1cc(S(=O)(=O)Nc2ccc(C)c(C)c2)ccc1Cl. The van der Waals surface area contributed by atoms with Gasteiger partial charge in [-0.2, -0.15) is 0 Å². The van der Waals surface area contributed by atoms with Gasteiger partial charge in [0.05, 0.1) is 15.5 Å². The molecule has 7 heteroatoms. The summed E-state index contributed by atoms with van der Waals surface area (Å²) >= 11 is 6.00. The molecule has 0 bridgehead atoms. The summed E-state index contributed by atoms with van der Waals surface area (Å²) in [6, 6.07) is 9.34. The molecule has 0 unspecified atom stereocenters. The summed E-state index contributed by atoms with van der Waals surface area (Å²) in [5, 5.41) is 2.81. The van der Waals surface area contributed by atoms with Crippen molar-refractivity contribution in [3.05, 3.63) is 58.1 Å². The summed E-state index contributed by atoms with van der Waals surface area (Å²) < 4.78 is 27.6. The van der Waals surface area contributed by atoms with Crippen molar-refractivity contribution in [3.8, 4) is 0 Å². The van der Waals surface area contributed by atoms with Gasteiger partial charge in [-0.25, -0.2) is 8.42 Å². The number of sulfonamides is 1. The van der Waals surface area contributed by atoms with E-state index in [0.29, 0.717) is 12.2 Å². The number of hydrogen-bond donors (Lipinski definition) is 2. The first-order valence-corrected chi connectivity index (χ1v) is 9.28. The molecule has 0 atom stereocenters. The minimum Gasteiger partial charge on any atom is -0.352 e. The number of aryl methyl sites for hydroxylation is 2. The van der Waals surface area contributed by atoms with Crippen LogP contribution in [0.5, 0.6) is 0 Å². The van der Waals surface area contributed by atoms with Crippen molar-refractivity contribution in [2.45, 2.75) is 25.7 Å². The van der Waals surface area contributed by atoms with E-state index >= 15 is 0 Å². The molecule has 0 aliphatic rings. The molecule has 2 N–H and O–H groups in total. The van der Waals surface area contributed by atoms with Crippen LogP contribution in [0.4, 0.5) is 5.69 Å². The predicted molar refractivity (Wildman–Crippen MR) is 96.2 cm³/mol. The van der Waals surface area contributed by atoms with E-state index in [0.717, 1.165) is 11.1 Å². The van der Waals surface area contributed by atoms with E-state index in [9.17, 15) is 13.2 Å². The van der Waals surface area contributed by atoms with Crippen molar-refractivity contribution in [3.63, 3.8) is 0 Å². The number of rotatable bonds is 5. The van der Waals surface area contributed by atoms with Gasteiger partial charge in [0.2, 0.25) is 0 Å². The van der Waals surface area contributed by atoms with Crippen LogP contribution in [-0.4, -0.2) is 20.9 Å². The molecule has 2 aromatic carbocycles.